The van der Waals surface area contributed by atoms with Gasteiger partial charge in [-0.05, 0) is 48.2 Å². The van der Waals surface area contributed by atoms with Crippen LogP contribution in [0.25, 0.3) is 0 Å². The lowest BCUT2D eigenvalue weighted by Gasteiger charge is -2.24. The molecule has 2 atom stereocenters. The highest BCUT2D eigenvalue weighted by Gasteiger charge is 2.16. The number of benzene rings is 1. The Labute approximate surface area is 125 Å². The van der Waals surface area contributed by atoms with E-state index >= 15 is 0 Å². The minimum absolute atomic E-state index is 0.333. The second-order valence-corrected chi connectivity index (χ2v) is 5.89. The monoisotopic (exact) mass is 289 g/mol. The van der Waals surface area contributed by atoms with Crippen molar-refractivity contribution in [3.05, 3.63) is 52.2 Å². The van der Waals surface area contributed by atoms with Gasteiger partial charge in [-0.15, -0.1) is 0 Å². The number of hydrogen-bond acceptors (Lipinski definition) is 3. The third-order valence-electron chi connectivity index (χ3n) is 3.53. The zero-order valence-corrected chi connectivity index (χ0v) is 13.2. The van der Waals surface area contributed by atoms with Crippen molar-refractivity contribution in [1.82, 2.24) is 5.32 Å². The van der Waals surface area contributed by atoms with Crippen LogP contribution < -0.4 is 10.1 Å². The number of nitrogens with one attached hydrogen (secondary N) is 1. The van der Waals surface area contributed by atoms with Gasteiger partial charge >= 0.3 is 0 Å². The Morgan fingerprint density at radius 3 is 2.70 bits per heavy atom. The van der Waals surface area contributed by atoms with Gasteiger partial charge in [-0.2, -0.15) is 11.3 Å². The number of para-hydroxylation sites is 1. The molecule has 108 valence electrons. The van der Waals surface area contributed by atoms with E-state index in [4.69, 9.17) is 4.74 Å². The average Bonchev–Trinajstić information content (AvgIpc) is 2.97. The Kier molecular flexibility index (Phi) is 5.62. The summed E-state index contributed by atoms with van der Waals surface area (Å²) in [6, 6.07) is 11.3. The first kappa shape index (κ1) is 15.1. The van der Waals surface area contributed by atoms with Crippen molar-refractivity contribution in [3.8, 4) is 5.75 Å². The summed E-state index contributed by atoms with van der Waals surface area (Å²) < 4.78 is 5.48. The zero-order valence-electron chi connectivity index (χ0n) is 12.4. The fraction of sp³-hybridized carbons (Fsp3) is 0.412. The van der Waals surface area contributed by atoms with Gasteiger partial charge in [0.15, 0.2) is 0 Å². The van der Waals surface area contributed by atoms with E-state index in [0.717, 1.165) is 18.6 Å². The van der Waals surface area contributed by atoms with E-state index in [1.807, 2.05) is 12.1 Å². The summed E-state index contributed by atoms with van der Waals surface area (Å²) in [7, 11) is 1.74. The molecule has 0 amide bonds. The molecule has 0 aliphatic heterocycles. The summed E-state index contributed by atoms with van der Waals surface area (Å²) in [6.07, 6.45) is 2.11. The molecular weight excluding hydrogens is 266 g/mol. The molecule has 0 radical (unpaired) electrons. The van der Waals surface area contributed by atoms with Crippen LogP contribution in [-0.2, 0) is 6.42 Å². The Hall–Kier alpha value is -1.32. The van der Waals surface area contributed by atoms with Crippen molar-refractivity contribution < 1.29 is 4.74 Å². The molecule has 1 aromatic heterocycles. The molecule has 0 saturated carbocycles. The van der Waals surface area contributed by atoms with E-state index in [0.29, 0.717) is 12.1 Å². The predicted octanol–water partition coefficient (Wildman–Crippen LogP) is 4.43. The average molecular weight is 289 g/mol. The number of thiophene rings is 1. The van der Waals surface area contributed by atoms with Gasteiger partial charge in [-0.3, -0.25) is 0 Å². The molecule has 0 fully saturated rings. The van der Waals surface area contributed by atoms with Crippen LogP contribution in [0.5, 0.6) is 5.75 Å². The Bertz CT molecular complexity index is 509. The first-order valence-electron chi connectivity index (χ1n) is 7.14. The van der Waals surface area contributed by atoms with Gasteiger partial charge in [0.1, 0.15) is 5.75 Å². The van der Waals surface area contributed by atoms with Crippen molar-refractivity contribution in [3.63, 3.8) is 0 Å². The van der Waals surface area contributed by atoms with E-state index in [1.54, 1.807) is 18.4 Å². The van der Waals surface area contributed by atoms with E-state index < -0.39 is 0 Å². The minimum Gasteiger partial charge on any atom is -0.496 e. The highest BCUT2D eigenvalue weighted by Crippen LogP contribution is 2.27. The Morgan fingerprint density at radius 1 is 1.25 bits per heavy atom. The standard InChI is InChI=1S/C17H23NOS/c1-4-16(15-7-5-6-8-17(15)19-3)18-13(2)11-14-9-10-20-12-14/h5-10,12-13,16,18H,4,11H2,1-3H3. The Balaban J connectivity index is 2.04. The zero-order chi connectivity index (χ0) is 14.4. The largest absolute Gasteiger partial charge is 0.496 e. The van der Waals surface area contributed by atoms with Crippen LogP contribution in [0.15, 0.2) is 41.1 Å². The molecule has 2 aromatic rings. The van der Waals surface area contributed by atoms with E-state index in [2.05, 4.69) is 48.1 Å². The lowest BCUT2D eigenvalue weighted by Crippen LogP contribution is -2.32. The van der Waals surface area contributed by atoms with Crippen molar-refractivity contribution in [1.29, 1.82) is 0 Å². The van der Waals surface area contributed by atoms with Gasteiger partial charge in [0.25, 0.3) is 0 Å². The van der Waals surface area contributed by atoms with Gasteiger partial charge in [0.2, 0.25) is 0 Å². The highest BCUT2D eigenvalue weighted by molar-refractivity contribution is 7.07. The molecule has 2 rings (SSSR count). The maximum absolute atomic E-state index is 5.48. The third-order valence-corrected chi connectivity index (χ3v) is 4.26. The summed E-state index contributed by atoms with van der Waals surface area (Å²) in [5, 5.41) is 8.08. The second kappa shape index (κ2) is 7.46. The maximum Gasteiger partial charge on any atom is 0.123 e. The van der Waals surface area contributed by atoms with Gasteiger partial charge in [-0.25, -0.2) is 0 Å². The fourth-order valence-electron chi connectivity index (χ4n) is 2.55. The topological polar surface area (TPSA) is 21.3 Å². The number of ether oxygens (including phenoxy) is 1. The first-order chi connectivity index (χ1) is 9.74. The van der Waals surface area contributed by atoms with Crippen molar-refractivity contribution in [2.45, 2.75) is 38.8 Å². The lowest BCUT2D eigenvalue weighted by molar-refractivity contribution is 0.386. The first-order valence-corrected chi connectivity index (χ1v) is 8.09. The van der Waals surface area contributed by atoms with Gasteiger partial charge < -0.3 is 10.1 Å². The molecule has 2 unspecified atom stereocenters. The molecule has 0 bridgehead atoms. The van der Waals surface area contributed by atoms with Crippen LogP contribution in [0.1, 0.15) is 37.4 Å². The molecule has 0 saturated heterocycles. The van der Waals surface area contributed by atoms with Crippen molar-refractivity contribution in [2.75, 3.05) is 7.11 Å². The SMILES string of the molecule is CCC(NC(C)Cc1ccsc1)c1ccccc1OC. The van der Waals surface area contributed by atoms with Gasteiger partial charge in [0, 0.05) is 17.6 Å². The van der Waals surface area contributed by atoms with Crippen LogP contribution in [0.3, 0.4) is 0 Å². The highest BCUT2D eigenvalue weighted by atomic mass is 32.1. The van der Waals surface area contributed by atoms with Crippen LogP contribution >= 0.6 is 11.3 Å². The summed E-state index contributed by atoms with van der Waals surface area (Å²) in [4.78, 5) is 0. The molecule has 2 nitrogen and oxygen atoms in total. The third kappa shape index (κ3) is 3.84. The summed E-state index contributed by atoms with van der Waals surface area (Å²) >= 11 is 1.76. The van der Waals surface area contributed by atoms with E-state index in [1.165, 1.54) is 11.1 Å². The summed E-state index contributed by atoms with van der Waals surface area (Å²) in [5.41, 5.74) is 2.65. The number of rotatable bonds is 7. The lowest BCUT2D eigenvalue weighted by atomic mass is 10.0. The molecular formula is C17H23NOS. The van der Waals surface area contributed by atoms with Gasteiger partial charge in [0.05, 0.1) is 7.11 Å². The van der Waals surface area contributed by atoms with Crippen LogP contribution in [0.4, 0.5) is 0 Å². The minimum atomic E-state index is 0.333. The summed E-state index contributed by atoms with van der Waals surface area (Å²) in [5.74, 6) is 0.967. The van der Waals surface area contributed by atoms with Crippen molar-refractivity contribution in [2.24, 2.45) is 0 Å². The number of hydrogen-bond donors (Lipinski definition) is 1. The predicted molar refractivity (Wildman–Crippen MR) is 86.6 cm³/mol. The normalized spacial score (nSPS) is 13.9. The quantitative estimate of drug-likeness (QED) is 0.814. The fourth-order valence-corrected chi connectivity index (χ4v) is 3.23. The molecule has 0 aliphatic carbocycles. The molecule has 0 spiro atoms. The molecule has 1 heterocycles. The molecule has 1 aromatic carbocycles. The van der Waals surface area contributed by atoms with Crippen LogP contribution in [-0.4, -0.2) is 13.2 Å². The van der Waals surface area contributed by atoms with Crippen LogP contribution in [0.2, 0.25) is 0 Å². The van der Waals surface area contributed by atoms with E-state index in [-0.39, 0.29) is 0 Å². The smallest absolute Gasteiger partial charge is 0.123 e. The van der Waals surface area contributed by atoms with E-state index in [9.17, 15) is 0 Å². The number of methoxy groups -OCH3 is 1. The molecule has 20 heavy (non-hydrogen) atoms. The molecule has 0 aliphatic rings. The van der Waals surface area contributed by atoms with Crippen LogP contribution in [0, 0.1) is 0 Å². The maximum atomic E-state index is 5.48. The Morgan fingerprint density at radius 2 is 2.05 bits per heavy atom. The van der Waals surface area contributed by atoms with Gasteiger partial charge in [-0.1, -0.05) is 25.1 Å². The van der Waals surface area contributed by atoms with Crippen molar-refractivity contribution >= 4 is 11.3 Å². The molecule has 3 heteroatoms. The molecule has 1 N–H and O–H groups in total. The summed E-state index contributed by atoms with van der Waals surface area (Å²) in [6.45, 7) is 4.46. The second-order valence-electron chi connectivity index (χ2n) is 5.11.